The third-order valence-corrected chi connectivity index (χ3v) is 6.63. The van der Waals surface area contributed by atoms with Gasteiger partial charge in [0.1, 0.15) is 12.4 Å². The van der Waals surface area contributed by atoms with Crippen molar-refractivity contribution in [2.45, 2.75) is 38.9 Å². The third-order valence-electron chi connectivity index (χ3n) is 6.63. The summed E-state index contributed by atoms with van der Waals surface area (Å²) in [5.74, 6) is 1.80. The number of likely N-dealkylation sites (tertiary alicyclic amines) is 1. The maximum atomic E-state index is 10.9. The molecule has 1 N–H and O–H groups in total. The molecular formula is C29H35NO2. The molecule has 32 heavy (non-hydrogen) atoms. The first-order valence-electron chi connectivity index (χ1n) is 11.9. The van der Waals surface area contributed by atoms with Gasteiger partial charge in [-0.15, -0.1) is 0 Å². The first-order chi connectivity index (χ1) is 15.7. The molecule has 3 heteroatoms. The molecule has 0 aliphatic carbocycles. The Morgan fingerprint density at radius 3 is 2.06 bits per heavy atom. The second-order valence-electron chi connectivity index (χ2n) is 9.20. The number of piperidine rings is 1. The molecule has 0 saturated carbocycles. The van der Waals surface area contributed by atoms with Crippen molar-refractivity contribution in [3.8, 4) is 5.75 Å². The van der Waals surface area contributed by atoms with Crippen LogP contribution in [0.15, 0.2) is 84.9 Å². The average molecular weight is 430 g/mol. The Labute approximate surface area is 192 Å². The molecule has 4 rings (SSSR count). The molecule has 3 nitrogen and oxygen atoms in total. The minimum atomic E-state index is -0.458. The van der Waals surface area contributed by atoms with Gasteiger partial charge in [0, 0.05) is 6.54 Å². The van der Waals surface area contributed by atoms with Gasteiger partial charge in [-0.3, -0.25) is 0 Å². The topological polar surface area (TPSA) is 32.7 Å². The van der Waals surface area contributed by atoms with Crippen molar-refractivity contribution in [1.29, 1.82) is 0 Å². The van der Waals surface area contributed by atoms with Crippen LogP contribution in [0.5, 0.6) is 5.75 Å². The summed E-state index contributed by atoms with van der Waals surface area (Å²) in [6.07, 6.45) is 3.21. The van der Waals surface area contributed by atoms with Crippen LogP contribution >= 0.6 is 0 Å². The molecule has 3 aromatic carbocycles. The van der Waals surface area contributed by atoms with E-state index in [1.54, 1.807) is 0 Å². The van der Waals surface area contributed by atoms with E-state index < -0.39 is 6.10 Å². The van der Waals surface area contributed by atoms with Crippen LogP contribution in [0.1, 0.15) is 42.6 Å². The lowest BCUT2D eigenvalue weighted by molar-refractivity contribution is 0.0751. The molecule has 1 aliphatic rings. The number of hydrogen-bond acceptors (Lipinski definition) is 3. The molecule has 1 aliphatic heterocycles. The van der Waals surface area contributed by atoms with Gasteiger partial charge in [-0.05, 0) is 73.0 Å². The molecule has 0 unspecified atom stereocenters. The Balaban J connectivity index is 1.22. The van der Waals surface area contributed by atoms with Crippen LogP contribution in [-0.2, 0) is 13.0 Å². The van der Waals surface area contributed by atoms with Crippen molar-refractivity contribution >= 4 is 0 Å². The largest absolute Gasteiger partial charge is 0.489 e. The molecule has 0 radical (unpaired) electrons. The van der Waals surface area contributed by atoms with Crippen molar-refractivity contribution in [1.82, 2.24) is 4.90 Å². The Hall–Kier alpha value is -2.62. The van der Waals surface area contributed by atoms with Gasteiger partial charge in [0.15, 0.2) is 0 Å². The van der Waals surface area contributed by atoms with Crippen LogP contribution in [-0.4, -0.2) is 29.6 Å². The fourth-order valence-electron chi connectivity index (χ4n) is 4.66. The van der Waals surface area contributed by atoms with Gasteiger partial charge < -0.3 is 14.7 Å². The Morgan fingerprint density at radius 2 is 1.44 bits per heavy atom. The molecule has 1 heterocycles. The highest BCUT2D eigenvalue weighted by molar-refractivity contribution is 5.29. The maximum absolute atomic E-state index is 10.9. The molecule has 168 valence electrons. The maximum Gasteiger partial charge on any atom is 0.119 e. The summed E-state index contributed by atoms with van der Waals surface area (Å²) >= 11 is 0. The van der Waals surface area contributed by atoms with Crippen molar-refractivity contribution in [2.24, 2.45) is 11.8 Å². The van der Waals surface area contributed by atoms with Crippen LogP contribution in [0, 0.1) is 11.8 Å². The van der Waals surface area contributed by atoms with Crippen LogP contribution in [0.2, 0.25) is 0 Å². The number of hydrogen-bond donors (Lipinski definition) is 1. The monoisotopic (exact) mass is 429 g/mol. The zero-order chi connectivity index (χ0) is 22.2. The molecule has 0 bridgehead atoms. The highest BCUT2D eigenvalue weighted by atomic mass is 16.5. The Morgan fingerprint density at radius 1 is 0.844 bits per heavy atom. The Bertz CT molecular complexity index is 918. The number of benzene rings is 3. The van der Waals surface area contributed by atoms with E-state index in [4.69, 9.17) is 4.74 Å². The van der Waals surface area contributed by atoms with Crippen LogP contribution < -0.4 is 4.74 Å². The van der Waals surface area contributed by atoms with Gasteiger partial charge >= 0.3 is 0 Å². The van der Waals surface area contributed by atoms with Gasteiger partial charge in [0.05, 0.1) is 6.10 Å². The van der Waals surface area contributed by atoms with Crippen molar-refractivity contribution < 1.29 is 9.84 Å². The van der Waals surface area contributed by atoms with E-state index in [0.29, 0.717) is 6.61 Å². The van der Waals surface area contributed by atoms with Crippen LogP contribution in [0.3, 0.4) is 0 Å². The van der Waals surface area contributed by atoms with Crippen molar-refractivity contribution in [3.63, 3.8) is 0 Å². The fourth-order valence-corrected chi connectivity index (χ4v) is 4.66. The van der Waals surface area contributed by atoms with Gasteiger partial charge in [0.2, 0.25) is 0 Å². The Kier molecular flexibility index (Phi) is 7.97. The lowest BCUT2D eigenvalue weighted by Gasteiger charge is -2.34. The minimum Gasteiger partial charge on any atom is -0.489 e. The number of ether oxygens (including phenoxy) is 1. The van der Waals surface area contributed by atoms with Crippen LogP contribution in [0.4, 0.5) is 0 Å². The van der Waals surface area contributed by atoms with E-state index in [-0.39, 0.29) is 5.92 Å². The van der Waals surface area contributed by atoms with Gasteiger partial charge in [0.25, 0.3) is 0 Å². The zero-order valence-electron chi connectivity index (χ0n) is 19.1. The quantitative estimate of drug-likeness (QED) is 0.460. The first kappa shape index (κ1) is 22.6. The van der Waals surface area contributed by atoms with Gasteiger partial charge in [-0.25, -0.2) is 0 Å². The summed E-state index contributed by atoms with van der Waals surface area (Å²) in [6, 6.07) is 28.9. The zero-order valence-corrected chi connectivity index (χ0v) is 19.1. The normalized spacial score (nSPS) is 17.1. The summed E-state index contributed by atoms with van der Waals surface area (Å²) in [7, 11) is 0. The second kappa shape index (κ2) is 11.3. The molecule has 1 saturated heterocycles. The van der Waals surface area contributed by atoms with E-state index in [9.17, 15) is 5.11 Å². The van der Waals surface area contributed by atoms with Crippen molar-refractivity contribution in [3.05, 3.63) is 102 Å². The van der Waals surface area contributed by atoms with E-state index in [2.05, 4.69) is 54.3 Å². The third kappa shape index (κ3) is 6.44. The fraction of sp³-hybridized carbons (Fsp3) is 0.379. The summed E-state index contributed by atoms with van der Waals surface area (Å²) in [5, 5.41) is 10.9. The van der Waals surface area contributed by atoms with E-state index in [1.807, 2.05) is 42.5 Å². The summed E-state index contributed by atoms with van der Waals surface area (Å²) in [4.78, 5) is 2.52. The predicted molar refractivity (Wildman–Crippen MR) is 131 cm³/mol. The molecule has 2 atom stereocenters. The predicted octanol–water partition coefficient (Wildman–Crippen LogP) is 5.89. The van der Waals surface area contributed by atoms with E-state index in [0.717, 1.165) is 42.4 Å². The standard InChI is InChI=1S/C29H35NO2/c1-23(21-30-18-16-25(17-19-30)20-24-8-4-2-5-9-24)29(31)27-12-14-28(15-13-27)32-22-26-10-6-3-7-11-26/h2-15,23,25,29,31H,16-22H2,1H3/t23-,29+/m0/s1. The number of aliphatic hydroxyl groups excluding tert-OH is 1. The molecule has 0 spiro atoms. The smallest absolute Gasteiger partial charge is 0.119 e. The molecule has 3 aromatic rings. The van der Waals surface area contributed by atoms with E-state index >= 15 is 0 Å². The van der Waals surface area contributed by atoms with Gasteiger partial charge in [-0.2, -0.15) is 0 Å². The highest BCUT2D eigenvalue weighted by Crippen LogP contribution is 2.27. The summed E-state index contributed by atoms with van der Waals surface area (Å²) in [6.45, 7) is 5.90. The lowest BCUT2D eigenvalue weighted by Crippen LogP contribution is -2.38. The first-order valence-corrected chi connectivity index (χ1v) is 11.9. The number of aliphatic hydroxyl groups is 1. The SMILES string of the molecule is C[C@@H](CN1CCC(Cc2ccccc2)CC1)[C@@H](O)c1ccc(OCc2ccccc2)cc1. The molecular weight excluding hydrogens is 394 g/mol. The summed E-state index contributed by atoms with van der Waals surface area (Å²) in [5.41, 5.74) is 3.56. The number of nitrogens with zero attached hydrogens (tertiary/aromatic N) is 1. The van der Waals surface area contributed by atoms with Gasteiger partial charge in [-0.1, -0.05) is 79.7 Å². The number of rotatable bonds is 9. The van der Waals surface area contributed by atoms with Crippen molar-refractivity contribution in [2.75, 3.05) is 19.6 Å². The molecule has 0 amide bonds. The van der Waals surface area contributed by atoms with Crippen LogP contribution in [0.25, 0.3) is 0 Å². The minimum absolute atomic E-state index is 0.191. The highest BCUT2D eigenvalue weighted by Gasteiger charge is 2.24. The van der Waals surface area contributed by atoms with E-state index in [1.165, 1.54) is 24.8 Å². The summed E-state index contributed by atoms with van der Waals surface area (Å²) < 4.78 is 5.87. The lowest BCUT2D eigenvalue weighted by atomic mass is 9.89. The average Bonchev–Trinajstić information content (AvgIpc) is 2.85. The molecule has 1 fully saturated rings. The second-order valence-corrected chi connectivity index (χ2v) is 9.20. The molecule has 0 aromatic heterocycles.